The molecule has 0 saturated carbocycles. The SMILES string of the molecule is Cc1ccc(-c2ccc(Cl)cc2)cc1Br.Clc1ccc(-c2cc(Br)c3c(c2)oc2ccccc23)cc1.OB(O)c1ccccc1O.Oc1ccccc1-c1ccc(-c2ccc(Cl)cc2)cc1Br. The van der Waals surface area contributed by atoms with E-state index in [1.54, 1.807) is 18.2 Å². The molecule has 10 rings (SSSR count). The molecule has 0 aliphatic rings. The summed E-state index contributed by atoms with van der Waals surface area (Å²) in [4.78, 5) is 0. The molecule has 10 aromatic rings. The van der Waals surface area contributed by atoms with Gasteiger partial charge in [-0.15, -0.1) is 0 Å². The summed E-state index contributed by atoms with van der Waals surface area (Å²) in [6.07, 6.45) is 0. The fourth-order valence-corrected chi connectivity index (χ4v) is 9.00. The Kier molecular flexibility index (Phi) is 17.1. The quantitative estimate of drug-likeness (QED) is 0.129. The standard InChI is InChI=1S/C18H10BrClO.C18H12BrClO.C13H10BrCl.C6H7BO3/c19-15-9-12(11-5-7-13(20)8-6-11)10-17-18(15)14-3-1-2-4-16(14)21-17;19-17-11-13(12-5-8-14(20)9-6-12)7-10-15(17)16-3-1-2-4-18(16)21;1-9-2-3-11(8-13(9)14)10-4-6-12(15)7-5-10;8-6-4-2-1-3-5(6)7(9)10/h1-10H;1-11,21H;2-8H,1H3;1-4,8-10H. The number of furan rings is 1. The Labute approximate surface area is 429 Å². The molecule has 0 bridgehead atoms. The second-order valence-corrected chi connectivity index (χ2v) is 18.9. The summed E-state index contributed by atoms with van der Waals surface area (Å²) in [6.45, 7) is 2.08. The molecule has 0 fully saturated rings. The minimum atomic E-state index is -1.60. The van der Waals surface area contributed by atoms with E-state index in [0.29, 0.717) is 0 Å². The molecule has 0 unspecified atom stereocenters. The summed E-state index contributed by atoms with van der Waals surface area (Å²) in [7, 11) is -1.60. The van der Waals surface area contributed by atoms with E-state index in [1.807, 2.05) is 127 Å². The number of benzene rings is 9. The van der Waals surface area contributed by atoms with Gasteiger partial charge in [0.2, 0.25) is 0 Å². The van der Waals surface area contributed by atoms with Crippen LogP contribution < -0.4 is 5.46 Å². The molecule has 0 amide bonds. The van der Waals surface area contributed by atoms with E-state index in [0.717, 1.165) is 83.8 Å². The molecule has 5 nitrogen and oxygen atoms in total. The Bertz CT molecular complexity index is 3270. The zero-order valence-corrected chi connectivity index (χ0v) is 42.5. The lowest BCUT2D eigenvalue weighted by atomic mass is 9.80. The first-order valence-electron chi connectivity index (χ1n) is 20.6. The van der Waals surface area contributed by atoms with Crippen molar-refractivity contribution in [1.82, 2.24) is 0 Å². The predicted octanol–water partition coefficient (Wildman–Crippen LogP) is 17.0. The van der Waals surface area contributed by atoms with E-state index in [9.17, 15) is 5.11 Å². The van der Waals surface area contributed by atoms with E-state index < -0.39 is 7.12 Å². The van der Waals surface area contributed by atoms with Crippen molar-refractivity contribution in [3.05, 3.63) is 228 Å². The number of phenolic OH excluding ortho intramolecular Hbond substituents is 2. The number of aryl methyl sites for hydroxylation is 1. The van der Waals surface area contributed by atoms with Crippen molar-refractivity contribution in [1.29, 1.82) is 0 Å². The maximum Gasteiger partial charge on any atom is 0.492 e. The summed E-state index contributed by atoms with van der Waals surface area (Å²) in [5.41, 5.74) is 11.7. The molecule has 1 aromatic heterocycles. The van der Waals surface area contributed by atoms with Crippen molar-refractivity contribution in [3.63, 3.8) is 0 Å². The molecular formula is C55H39BBr3Cl3O5. The molecule has 67 heavy (non-hydrogen) atoms. The van der Waals surface area contributed by atoms with Crippen LogP contribution in [0.3, 0.4) is 0 Å². The lowest BCUT2D eigenvalue weighted by molar-refractivity contribution is 0.419. The molecule has 0 saturated heterocycles. The highest BCUT2D eigenvalue weighted by Gasteiger charge is 2.15. The van der Waals surface area contributed by atoms with E-state index in [2.05, 4.69) is 91.1 Å². The van der Waals surface area contributed by atoms with Crippen molar-refractivity contribution < 1.29 is 24.7 Å². The minimum absolute atomic E-state index is 0.0995. The largest absolute Gasteiger partial charge is 0.508 e. The van der Waals surface area contributed by atoms with E-state index in [1.165, 1.54) is 28.8 Å². The normalized spacial score (nSPS) is 10.6. The van der Waals surface area contributed by atoms with Gasteiger partial charge in [0.15, 0.2) is 0 Å². The number of fused-ring (bicyclic) bond motifs is 3. The first-order valence-corrected chi connectivity index (χ1v) is 24.1. The lowest BCUT2D eigenvalue weighted by Gasteiger charge is -2.09. The number of hydrogen-bond donors (Lipinski definition) is 4. The second-order valence-electron chi connectivity index (χ2n) is 15.1. The Morgan fingerprint density at radius 1 is 0.418 bits per heavy atom. The predicted molar refractivity (Wildman–Crippen MR) is 291 cm³/mol. The summed E-state index contributed by atoms with van der Waals surface area (Å²) in [6, 6.07) is 61.5. The number of hydrogen-bond acceptors (Lipinski definition) is 5. The lowest BCUT2D eigenvalue weighted by Crippen LogP contribution is -2.29. The summed E-state index contributed by atoms with van der Waals surface area (Å²) >= 11 is 28.5. The molecule has 0 aliphatic carbocycles. The van der Waals surface area contributed by atoms with Crippen molar-refractivity contribution in [2.24, 2.45) is 0 Å². The smallest absolute Gasteiger partial charge is 0.492 e. The van der Waals surface area contributed by atoms with Crippen LogP contribution in [0.1, 0.15) is 5.56 Å². The van der Waals surface area contributed by atoms with Gasteiger partial charge >= 0.3 is 7.12 Å². The van der Waals surface area contributed by atoms with Crippen LogP contribution >= 0.6 is 82.6 Å². The Morgan fingerprint density at radius 2 is 0.881 bits per heavy atom. The third-order valence-electron chi connectivity index (χ3n) is 10.5. The van der Waals surface area contributed by atoms with Crippen LogP contribution in [0.4, 0.5) is 0 Å². The molecule has 0 spiro atoms. The monoisotopic (exact) mass is 1130 g/mol. The summed E-state index contributed by atoms with van der Waals surface area (Å²) in [5, 5.41) is 40.6. The van der Waals surface area contributed by atoms with Gasteiger partial charge in [-0.05, 0) is 146 Å². The van der Waals surface area contributed by atoms with Crippen LogP contribution in [0.5, 0.6) is 11.5 Å². The molecule has 0 atom stereocenters. The van der Waals surface area contributed by atoms with Crippen LogP contribution in [-0.4, -0.2) is 27.4 Å². The van der Waals surface area contributed by atoms with Gasteiger partial charge in [-0.2, -0.15) is 0 Å². The Hall–Kier alpha value is -5.33. The Balaban J connectivity index is 0.000000137. The van der Waals surface area contributed by atoms with Crippen molar-refractivity contribution in [2.75, 3.05) is 0 Å². The van der Waals surface area contributed by atoms with Gasteiger partial charge < -0.3 is 24.7 Å². The van der Waals surface area contributed by atoms with E-state index in [4.69, 9.17) is 54.4 Å². The first-order chi connectivity index (χ1) is 32.2. The number of phenols is 2. The number of para-hydroxylation sites is 3. The molecule has 12 heteroatoms. The summed E-state index contributed by atoms with van der Waals surface area (Å²) < 4.78 is 9.08. The number of halogens is 6. The van der Waals surface area contributed by atoms with Gasteiger partial charge in [0.05, 0.1) is 0 Å². The third kappa shape index (κ3) is 12.8. The highest BCUT2D eigenvalue weighted by molar-refractivity contribution is 9.11. The van der Waals surface area contributed by atoms with Crippen LogP contribution in [0.25, 0.3) is 66.4 Å². The van der Waals surface area contributed by atoms with E-state index >= 15 is 0 Å². The zero-order valence-electron chi connectivity index (χ0n) is 35.5. The maximum atomic E-state index is 9.97. The molecular weight excluding hydrogens is 1100 g/mol. The van der Waals surface area contributed by atoms with Gasteiger partial charge in [0.1, 0.15) is 22.7 Å². The van der Waals surface area contributed by atoms with Gasteiger partial charge in [-0.3, -0.25) is 0 Å². The summed E-state index contributed by atoms with van der Waals surface area (Å²) in [5.74, 6) is 0.176. The highest BCUT2D eigenvalue weighted by Crippen LogP contribution is 2.39. The second kappa shape index (κ2) is 23.1. The molecule has 9 aromatic carbocycles. The van der Waals surface area contributed by atoms with Crippen molar-refractivity contribution in [2.45, 2.75) is 6.92 Å². The fraction of sp³-hybridized carbons (Fsp3) is 0.0182. The molecule has 0 radical (unpaired) electrons. The average Bonchev–Trinajstić information content (AvgIpc) is 3.71. The van der Waals surface area contributed by atoms with Crippen LogP contribution in [-0.2, 0) is 0 Å². The number of aromatic hydroxyl groups is 2. The Morgan fingerprint density at radius 3 is 1.40 bits per heavy atom. The van der Waals surface area contributed by atoms with Crippen molar-refractivity contribution >= 4 is 117 Å². The highest BCUT2D eigenvalue weighted by atomic mass is 79.9. The fourth-order valence-electron chi connectivity index (χ4n) is 6.99. The van der Waals surface area contributed by atoms with Crippen LogP contribution in [0.15, 0.2) is 212 Å². The minimum Gasteiger partial charge on any atom is -0.508 e. The first kappa shape index (κ1) is 49.6. The number of rotatable bonds is 5. The topological polar surface area (TPSA) is 94.1 Å². The molecule has 0 aliphatic heterocycles. The molecule has 334 valence electrons. The van der Waals surface area contributed by atoms with Gasteiger partial charge in [-0.1, -0.05) is 182 Å². The van der Waals surface area contributed by atoms with Gasteiger partial charge in [0.25, 0.3) is 0 Å². The zero-order chi connectivity index (χ0) is 47.6. The van der Waals surface area contributed by atoms with Crippen LogP contribution in [0, 0.1) is 6.92 Å². The third-order valence-corrected chi connectivity index (χ3v) is 13.4. The van der Waals surface area contributed by atoms with Gasteiger partial charge in [0, 0.05) is 50.3 Å². The van der Waals surface area contributed by atoms with Crippen LogP contribution in [0.2, 0.25) is 15.1 Å². The van der Waals surface area contributed by atoms with Crippen molar-refractivity contribution in [3.8, 4) is 56.0 Å². The maximum absolute atomic E-state index is 9.97. The van der Waals surface area contributed by atoms with E-state index in [-0.39, 0.29) is 17.0 Å². The average molecular weight is 1140 g/mol. The molecule has 4 N–H and O–H groups in total. The van der Waals surface area contributed by atoms with Gasteiger partial charge in [-0.25, -0.2) is 0 Å². The molecule has 1 heterocycles.